The third-order valence-corrected chi connectivity index (χ3v) is 3.57. The summed E-state index contributed by atoms with van der Waals surface area (Å²) in [6.07, 6.45) is 2.16. The van der Waals surface area contributed by atoms with E-state index >= 15 is 0 Å². The zero-order chi connectivity index (χ0) is 14.4. The molecule has 0 bridgehead atoms. The van der Waals surface area contributed by atoms with Crippen molar-refractivity contribution in [3.05, 3.63) is 28.8 Å². The van der Waals surface area contributed by atoms with Crippen LogP contribution in [0.25, 0.3) is 0 Å². The van der Waals surface area contributed by atoms with E-state index in [1.165, 1.54) is 0 Å². The number of nitriles is 1. The number of benzene rings is 1. The van der Waals surface area contributed by atoms with Gasteiger partial charge in [-0.05, 0) is 37.0 Å². The van der Waals surface area contributed by atoms with E-state index in [0.29, 0.717) is 22.5 Å². The standard InChI is InChI=1S/C16H23ClN2/c1-5-15(6-2)19(11-12(3)4)16-8-7-14(17)9-13(16)10-18/h7-9,12,15H,5-6,11H2,1-4H3. The van der Waals surface area contributed by atoms with E-state index in [9.17, 15) is 5.26 Å². The Hall–Kier alpha value is -1.20. The van der Waals surface area contributed by atoms with Crippen LogP contribution < -0.4 is 4.90 Å². The first-order chi connectivity index (χ1) is 9.03. The molecule has 0 unspecified atom stereocenters. The van der Waals surface area contributed by atoms with Gasteiger partial charge in [0.1, 0.15) is 6.07 Å². The van der Waals surface area contributed by atoms with Crippen LogP contribution in [0, 0.1) is 17.2 Å². The molecule has 0 saturated heterocycles. The molecule has 1 rings (SSSR count). The largest absolute Gasteiger partial charge is 0.367 e. The molecule has 1 aromatic carbocycles. The second-order valence-electron chi connectivity index (χ2n) is 5.29. The number of anilines is 1. The lowest BCUT2D eigenvalue weighted by atomic mass is 10.0. The lowest BCUT2D eigenvalue weighted by Crippen LogP contribution is -2.37. The molecule has 1 aromatic rings. The van der Waals surface area contributed by atoms with Crippen LogP contribution in [0.2, 0.25) is 5.02 Å². The molecule has 0 amide bonds. The molecule has 0 aromatic heterocycles. The normalized spacial score (nSPS) is 10.8. The van der Waals surface area contributed by atoms with Gasteiger partial charge >= 0.3 is 0 Å². The number of nitrogens with zero attached hydrogens (tertiary/aromatic N) is 2. The minimum absolute atomic E-state index is 0.468. The maximum atomic E-state index is 9.32. The van der Waals surface area contributed by atoms with Gasteiger partial charge in [-0.25, -0.2) is 0 Å². The Kier molecular flexibility index (Phi) is 6.18. The molecule has 0 aliphatic rings. The fraction of sp³-hybridized carbons (Fsp3) is 0.562. The van der Waals surface area contributed by atoms with Crippen LogP contribution in [-0.2, 0) is 0 Å². The van der Waals surface area contributed by atoms with E-state index in [1.54, 1.807) is 6.07 Å². The van der Waals surface area contributed by atoms with Gasteiger partial charge < -0.3 is 4.90 Å². The van der Waals surface area contributed by atoms with Crippen LogP contribution in [0.15, 0.2) is 18.2 Å². The van der Waals surface area contributed by atoms with Crippen LogP contribution >= 0.6 is 11.6 Å². The van der Waals surface area contributed by atoms with Crippen molar-refractivity contribution in [2.24, 2.45) is 5.92 Å². The van der Waals surface area contributed by atoms with Gasteiger partial charge in [0.15, 0.2) is 0 Å². The molecule has 0 heterocycles. The van der Waals surface area contributed by atoms with E-state index in [-0.39, 0.29) is 0 Å². The first-order valence-electron chi connectivity index (χ1n) is 6.99. The van der Waals surface area contributed by atoms with Crippen LogP contribution in [-0.4, -0.2) is 12.6 Å². The Morgan fingerprint density at radius 2 is 1.89 bits per heavy atom. The minimum Gasteiger partial charge on any atom is -0.367 e. The van der Waals surface area contributed by atoms with Crippen molar-refractivity contribution in [2.45, 2.75) is 46.6 Å². The molecular weight excluding hydrogens is 256 g/mol. The third-order valence-electron chi connectivity index (χ3n) is 3.33. The predicted octanol–water partition coefficient (Wildman–Crippen LogP) is 4.86. The summed E-state index contributed by atoms with van der Waals surface area (Å²) >= 11 is 5.98. The van der Waals surface area contributed by atoms with Crippen molar-refractivity contribution in [1.82, 2.24) is 0 Å². The van der Waals surface area contributed by atoms with E-state index in [2.05, 4.69) is 38.7 Å². The van der Waals surface area contributed by atoms with E-state index in [0.717, 1.165) is 25.1 Å². The molecule has 0 atom stereocenters. The highest BCUT2D eigenvalue weighted by molar-refractivity contribution is 6.30. The van der Waals surface area contributed by atoms with Crippen molar-refractivity contribution in [3.8, 4) is 6.07 Å². The first-order valence-corrected chi connectivity index (χ1v) is 7.37. The van der Waals surface area contributed by atoms with E-state index in [4.69, 9.17) is 11.6 Å². The Bertz CT molecular complexity index is 445. The summed E-state index contributed by atoms with van der Waals surface area (Å²) in [4.78, 5) is 2.36. The van der Waals surface area contributed by atoms with Crippen molar-refractivity contribution in [1.29, 1.82) is 5.26 Å². The fourth-order valence-corrected chi connectivity index (χ4v) is 2.59. The second-order valence-corrected chi connectivity index (χ2v) is 5.73. The van der Waals surface area contributed by atoms with Crippen molar-refractivity contribution >= 4 is 17.3 Å². The van der Waals surface area contributed by atoms with Gasteiger partial charge in [-0.1, -0.05) is 39.3 Å². The molecule has 0 aliphatic heterocycles. The summed E-state index contributed by atoms with van der Waals surface area (Å²) in [6.45, 7) is 9.77. The molecule has 0 radical (unpaired) electrons. The summed E-state index contributed by atoms with van der Waals surface area (Å²) in [6, 6.07) is 8.33. The van der Waals surface area contributed by atoms with Gasteiger partial charge in [0, 0.05) is 17.6 Å². The topological polar surface area (TPSA) is 27.0 Å². The van der Waals surface area contributed by atoms with Gasteiger partial charge in [-0.3, -0.25) is 0 Å². The smallest absolute Gasteiger partial charge is 0.101 e. The third kappa shape index (κ3) is 4.14. The highest BCUT2D eigenvalue weighted by atomic mass is 35.5. The lowest BCUT2D eigenvalue weighted by molar-refractivity contribution is 0.507. The molecule has 0 fully saturated rings. The van der Waals surface area contributed by atoms with Gasteiger partial charge in [0.05, 0.1) is 11.3 Å². The molecule has 19 heavy (non-hydrogen) atoms. The monoisotopic (exact) mass is 278 g/mol. The van der Waals surface area contributed by atoms with Crippen LogP contribution in [0.3, 0.4) is 0 Å². The van der Waals surface area contributed by atoms with Crippen LogP contribution in [0.5, 0.6) is 0 Å². The summed E-state index contributed by atoms with van der Waals surface area (Å²) in [5.74, 6) is 0.558. The zero-order valence-corrected chi connectivity index (χ0v) is 13.0. The Morgan fingerprint density at radius 1 is 1.26 bits per heavy atom. The lowest BCUT2D eigenvalue weighted by Gasteiger charge is -2.34. The van der Waals surface area contributed by atoms with Crippen LogP contribution in [0.4, 0.5) is 5.69 Å². The molecular formula is C16H23ClN2. The molecule has 0 saturated carbocycles. The molecule has 0 N–H and O–H groups in total. The number of hydrogen-bond donors (Lipinski definition) is 0. The van der Waals surface area contributed by atoms with E-state index < -0.39 is 0 Å². The van der Waals surface area contributed by atoms with Gasteiger partial charge in [-0.15, -0.1) is 0 Å². The summed E-state index contributed by atoms with van der Waals surface area (Å²) in [5.41, 5.74) is 1.68. The van der Waals surface area contributed by atoms with Crippen molar-refractivity contribution in [2.75, 3.05) is 11.4 Å². The Morgan fingerprint density at radius 3 is 2.37 bits per heavy atom. The fourth-order valence-electron chi connectivity index (χ4n) is 2.42. The van der Waals surface area contributed by atoms with Gasteiger partial charge in [-0.2, -0.15) is 5.26 Å². The second kappa shape index (κ2) is 7.40. The summed E-state index contributed by atoms with van der Waals surface area (Å²) < 4.78 is 0. The maximum Gasteiger partial charge on any atom is 0.101 e. The van der Waals surface area contributed by atoms with E-state index in [1.807, 2.05) is 12.1 Å². The molecule has 104 valence electrons. The predicted molar refractivity (Wildman–Crippen MR) is 82.7 cm³/mol. The van der Waals surface area contributed by atoms with Gasteiger partial charge in [0.2, 0.25) is 0 Å². The van der Waals surface area contributed by atoms with Crippen molar-refractivity contribution in [3.63, 3.8) is 0 Å². The average Bonchev–Trinajstić information content (AvgIpc) is 2.38. The highest BCUT2D eigenvalue weighted by Crippen LogP contribution is 2.28. The number of rotatable bonds is 6. The average molecular weight is 279 g/mol. The number of halogens is 1. The quantitative estimate of drug-likeness (QED) is 0.743. The Labute approximate surface area is 122 Å². The first kappa shape index (κ1) is 15.9. The minimum atomic E-state index is 0.468. The summed E-state index contributed by atoms with van der Waals surface area (Å²) in [5, 5.41) is 9.94. The SMILES string of the molecule is CCC(CC)N(CC(C)C)c1ccc(Cl)cc1C#N. The molecule has 0 spiro atoms. The zero-order valence-electron chi connectivity index (χ0n) is 12.3. The molecule has 2 nitrogen and oxygen atoms in total. The number of hydrogen-bond acceptors (Lipinski definition) is 2. The Balaban J connectivity index is 3.20. The molecule has 3 heteroatoms. The maximum absolute atomic E-state index is 9.32. The van der Waals surface area contributed by atoms with Crippen LogP contribution in [0.1, 0.15) is 46.1 Å². The highest BCUT2D eigenvalue weighted by Gasteiger charge is 2.19. The van der Waals surface area contributed by atoms with Gasteiger partial charge in [0.25, 0.3) is 0 Å². The van der Waals surface area contributed by atoms with Crippen molar-refractivity contribution < 1.29 is 0 Å². The summed E-state index contributed by atoms with van der Waals surface area (Å²) in [7, 11) is 0. The molecule has 0 aliphatic carbocycles.